The average Bonchev–Trinajstić information content (AvgIpc) is 3.00. The van der Waals surface area contributed by atoms with Gasteiger partial charge in [0.15, 0.2) is 0 Å². The number of fused-ring (bicyclic) bond motifs is 2. The summed E-state index contributed by atoms with van der Waals surface area (Å²) in [4.78, 5) is 29.3. The van der Waals surface area contributed by atoms with Gasteiger partial charge in [-0.25, -0.2) is 0 Å². The fourth-order valence-corrected chi connectivity index (χ4v) is 5.17. The van der Waals surface area contributed by atoms with Crippen LogP contribution >= 0.6 is 0 Å². The van der Waals surface area contributed by atoms with Crippen molar-refractivity contribution in [2.75, 3.05) is 20.3 Å². The van der Waals surface area contributed by atoms with Crippen molar-refractivity contribution in [3.63, 3.8) is 0 Å². The van der Waals surface area contributed by atoms with Gasteiger partial charge in [-0.1, -0.05) is 78.9 Å². The van der Waals surface area contributed by atoms with E-state index in [9.17, 15) is 9.59 Å². The number of para-hydroxylation sites is 2. The number of methoxy groups -OCH3 is 1. The van der Waals surface area contributed by atoms with Gasteiger partial charge in [-0.15, -0.1) is 0 Å². The third-order valence-corrected chi connectivity index (χ3v) is 7.28. The van der Waals surface area contributed by atoms with E-state index in [1.807, 2.05) is 71.6 Å². The molecule has 6 nitrogen and oxygen atoms in total. The van der Waals surface area contributed by atoms with E-state index in [0.717, 1.165) is 29.5 Å². The van der Waals surface area contributed by atoms with E-state index < -0.39 is 0 Å². The van der Waals surface area contributed by atoms with Crippen molar-refractivity contribution in [3.05, 3.63) is 131 Å². The summed E-state index contributed by atoms with van der Waals surface area (Å²) in [5.41, 5.74) is 4.32. The molecule has 0 aliphatic carbocycles. The molecule has 5 rings (SSSR count). The SMILES string of the molecule is COc1ccccc1C(=O)N1Cc2ccccc2CCCNC(=O)c2ccccc2OC[C@@H]1Cc1ccccc1. The average molecular weight is 535 g/mol. The summed E-state index contributed by atoms with van der Waals surface area (Å²) in [6.45, 7) is 1.17. The Balaban J connectivity index is 1.60. The van der Waals surface area contributed by atoms with Gasteiger partial charge < -0.3 is 19.7 Å². The number of benzene rings is 4. The van der Waals surface area contributed by atoms with Crippen molar-refractivity contribution < 1.29 is 19.1 Å². The Hall–Kier alpha value is -4.58. The first kappa shape index (κ1) is 27.0. The van der Waals surface area contributed by atoms with Crippen molar-refractivity contribution in [1.82, 2.24) is 10.2 Å². The van der Waals surface area contributed by atoms with Crippen molar-refractivity contribution in [3.8, 4) is 11.5 Å². The quantitative estimate of drug-likeness (QED) is 0.365. The second-order valence-electron chi connectivity index (χ2n) is 9.91. The predicted octanol–water partition coefficient (Wildman–Crippen LogP) is 5.70. The summed E-state index contributed by atoms with van der Waals surface area (Å²) in [7, 11) is 1.58. The van der Waals surface area contributed by atoms with Gasteiger partial charge in [0.1, 0.15) is 18.1 Å². The molecule has 1 N–H and O–H groups in total. The van der Waals surface area contributed by atoms with Crippen LogP contribution in [0.5, 0.6) is 11.5 Å². The number of nitrogens with zero attached hydrogens (tertiary/aromatic N) is 1. The van der Waals surface area contributed by atoms with Gasteiger partial charge in [0.2, 0.25) is 0 Å². The first-order valence-corrected chi connectivity index (χ1v) is 13.7. The second kappa shape index (κ2) is 13.0. The number of carbonyl (C=O) groups excluding carboxylic acids is 2. The van der Waals surface area contributed by atoms with Crippen molar-refractivity contribution in [2.45, 2.75) is 31.8 Å². The van der Waals surface area contributed by atoms with Crippen molar-refractivity contribution >= 4 is 11.8 Å². The summed E-state index contributed by atoms with van der Waals surface area (Å²) in [6, 6.07) is 32.6. The zero-order valence-electron chi connectivity index (χ0n) is 22.7. The van der Waals surface area contributed by atoms with E-state index in [1.165, 1.54) is 0 Å². The molecule has 0 saturated carbocycles. The maximum Gasteiger partial charge on any atom is 0.258 e. The highest BCUT2D eigenvalue weighted by molar-refractivity contribution is 5.97. The molecule has 0 fully saturated rings. The Morgan fingerprint density at radius 2 is 1.60 bits per heavy atom. The first-order chi connectivity index (χ1) is 19.6. The minimum Gasteiger partial charge on any atom is -0.496 e. The Labute approximate surface area is 235 Å². The minimum absolute atomic E-state index is 0.130. The van der Waals surface area contributed by atoms with Gasteiger partial charge in [-0.05, 0) is 60.2 Å². The number of amides is 2. The van der Waals surface area contributed by atoms with Gasteiger partial charge >= 0.3 is 0 Å². The molecule has 4 aromatic carbocycles. The molecule has 40 heavy (non-hydrogen) atoms. The molecule has 1 heterocycles. The lowest BCUT2D eigenvalue weighted by molar-refractivity contribution is 0.0584. The molecule has 0 unspecified atom stereocenters. The zero-order valence-corrected chi connectivity index (χ0v) is 22.7. The molecule has 1 aliphatic heterocycles. The molecule has 0 spiro atoms. The fourth-order valence-electron chi connectivity index (χ4n) is 5.17. The molecule has 204 valence electrons. The molecule has 1 aliphatic rings. The Morgan fingerprint density at radius 3 is 2.42 bits per heavy atom. The molecule has 0 aromatic heterocycles. The van der Waals surface area contributed by atoms with E-state index in [-0.39, 0.29) is 24.5 Å². The van der Waals surface area contributed by atoms with Crippen LogP contribution in [0.4, 0.5) is 0 Å². The van der Waals surface area contributed by atoms with Gasteiger partial charge in [0.05, 0.1) is 24.3 Å². The predicted molar refractivity (Wildman–Crippen MR) is 156 cm³/mol. The number of ether oxygens (including phenoxy) is 2. The molecule has 2 amide bonds. The van der Waals surface area contributed by atoms with Gasteiger partial charge in [-0.3, -0.25) is 9.59 Å². The molecule has 6 heteroatoms. The van der Waals surface area contributed by atoms with Gasteiger partial charge in [0.25, 0.3) is 11.8 Å². The monoisotopic (exact) mass is 534 g/mol. The topological polar surface area (TPSA) is 67.9 Å². The van der Waals surface area contributed by atoms with E-state index in [4.69, 9.17) is 9.47 Å². The summed E-state index contributed by atoms with van der Waals surface area (Å²) in [5, 5.41) is 3.04. The van der Waals surface area contributed by atoms with Gasteiger partial charge in [-0.2, -0.15) is 0 Å². The summed E-state index contributed by atoms with van der Waals surface area (Å²) in [5.74, 6) is 0.735. The molecular weight excluding hydrogens is 500 g/mol. The van der Waals surface area contributed by atoms with Crippen LogP contribution in [0.3, 0.4) is 0 Å². The summed E-state index contributed by atoms with van der Waals surface area (Å²) < 4.78 is 11.9. The Morgan fingerprint density at radius 1 is 0.900 bits per heavy atom. The minimum atomic E-state index is -0.327. The van der Waals surface area contributed by atoms with Crippen LogP contribution in [0.1, 0.15) is 43.8 Å². The number of aryl methyl sites for hydroxylation is 1. The molecule has 0 bridgehead atoms. The summed E-state index contributed by atoms with van der Waals surface area (Å²) >= 11 is 0. The normalized spacial score (nSPS) is 16.0. The van der Waals surface area contributed by atoms with E-state index in [2.05, 4.69) is 29.6 Å². The van der Waals surface area contributed by atoms with Crippen LogP contribution in [-0.4, -0.2) is 43.0 Å². The molecule has 0 radical (unpaired) electrons. The van der Waals surface area contributed by atoms with Crippen molar-refractivity contribution in [2.24, 2.45) is 0 Å². The molecule has 0 saturated heterocycles. The fraction of sp³-hybridized carbons (Fsp3) is 0.235. The lowest BCUT2D eigenvalue weighted by Crippen LogP contribution is -2.45. The highest BCUT2D eigenvalue weighted by Gasteiger charge is 2.29. The molecule has 4 aromatic rings. The maximum atomic E-state index is 14.4. The van der Waals surface area contributed by atoms with Crippen LogP contribution in [0.15, 0.2) is 103 Å². The van der Waals surface area contributed by atoms with E-state index >= 15 is 0 Å². The van der Waals surface area contributed by atoms with Gasteiger partial charge in [0, 0.05) is 13.1 Å². The number of nitrogens with one attached hydrogen (secondary N) is 1. The standard InChI is InChI=1S/C34H34N2O4/c1-39-31-19-9-8-18-30(31)34(38)36-23-27-15-6-5-14-26(27)16-11-21-35-33(37)29-17-7-10-20-32(29)40-24-28(36)22-25-12-3-2-4-13-25/h2-10,12-15,17-20,28H,11,16,21-24H2,1H3,(H,35,37)/t28-/m0/s1. The lowest BCUT2D eigenvalue weighted by Gasteiger charge is -2.33. The number of hydrogen-bond acceptors (Lipinski definition) is 4. The van der Waals surface area contributed by atoms with Crippen LogP contribution < -0.4 is 14.8 Å². The third-order valence-electron chi connectivity index (χ3n) is 7.28. The smallest absolute Gasteiger partial charge is 0.258 e. The van der Waals surface area contributed by atoms with Crippen LogP contribution in [0.25, 0.3) is 0 Å². The largest absolute Gasteiger partial charge is 0.496 e. The maximum absolute atomic E-state index is 14.4. The molecule has 1 atom stereocenters. The summed E-state index contributed by atoms with van der Waals surface area (Å²) in [6.07, 6.45) is 2.15. The number of hydrogen-bond donors (Lipinski definition) is 1. The third kappa shape index (κ3) is 6.34. The highest BCUT2D eigenvalue weighted by atomic mass is 16.5. The zero-order chi connectivity index (χ0) is 27.7. The van der Waals surface area contributed by atoms with E-state index in [1.54, 1.807) is 19.2 Å². The Bertz CT molecular complexity index is 1450. The molecular formula is C34H34N2O4. The second-order valence-corrected chi connectivity index (χ2v) is 9.91. The van der Waals surface area contributed by atoms with Crippen molar-refractivity contribution in [1.29, 1.82) is 0 Å². The number of rotatable bonds is 4. The Kier molecular flexibility index (Phi) is 8.76. The lowest BCUT2D eigenvalue weighted by atomic mass is 9.99. The van der Waals surface area contributed by atoms with Crippen LogP contribution in [0.2, 0.25) is 0 Å². The van der Waals surface area contributed by atoms with E-state index in [0.29, 0.717) is 42.1 Å². The van der Waals surface area contributed by atoms with Crippen LogP contribution in [0, 0.1) is 0 Å². The first-order valence-electron chi connectivity index (χ1n) is 13.7. The van der Waals surface area contributed by atoms with Crippen LogP contribution in [-0.2, 0) is 19.4 Å². The number of carbonyl (C=O) groups is 2. The highest BCUT2D eigenvalue weighted by Crippen LogP contribution is 2.26.